The van der Waals surface area contributed by atoms with Gasteiger partial charge in [0.15, 0.2) is 5.76 Å². The van der Waals surface area contributed by atoms with E-state index in [-0.39, 0.29) is 16.7 Å². The summed E-state index contributed by atoms with van der Waals surface area (Å²) in [7, 11) is 0. The third-order valence-corrected chi connectivity index (χ3v) is 6.55. The smallest absolute Gasteiger partial charge is 0.284 e. The van der Waals surface area contributed by atoms with Gasteiger partial charge in [0.05, 0.1) is 11.6 Å². The second-order valence-corrected chi connectivity index (χ2v) is 8.67. The fraction of sp³-hybridized carbons (Fsp3) is 0.308. The molecular weight excluding hydrogens is 446 g/mol. The number of hydrogen-bond acceptors (Lipinski definition) is 5. The maximum absolute atomic E-state index is 11.4. The molecule has 4 aromatic rings. The van der Waals surface area contributed by atoms with Gasteiger partial charge in [-0.1, -0.05) is 0 Å². The molecule has 3 heterocycles. The molecule has 1 aliphatic heterocycles. The van der Waals surface area contributed by atoms with Crippen LogP contribution in [-0.4, -0.2) is 59.5 Å². The van der Waals surface area contributed by atoms with Crippen molar-refractivity contribution in [3.63, 3.8) is 0 Å². The van der Waals surface area contributed by atoms with Gasteiger partial charge in [-0.15, -0.1) is 0 Å². The molecule has 0 aliphatic carbocycles. The number of aryl methyl sites for hydroxylation is 1. The van der Waals surface area contributed by atoms with E-state index in [1.807, 2.05) is 30.3 Å². The molecule has 5 rings (SSSR count). The number of carbonyl (C=O) groups is 1. The van der Waals surface area contributed by atoms with Crippen LogP contribution in [0.25, 0.3) is 21.9 Å². The molecule has 184 valence electrons. The summed E-state index contributed by atoms with van der Waals surface area (Å²) in [5.74, 6) is -0.344. The Bertz CT molecular complexity index is 1350. The highest BCUT2D eigenvalue weighted by molar-refractivity contribution is 5.95. The van der Waals surface area contributed by atoms with Crippen molar-refractivity contribution in [1.29, 1.82) is 5.26 Å². The molecule has 9 heteroatoms. The summed E-state index contributed by atoms with van der Waals surface area (Å²) in [6, 6.07) is 15.8. The number of rotatable bonds is 7. The number of anilines is 1. The van der Waals surface area contributed by atoms with Crippen LogP contribution in [0.15, 0.2) is 53.1 Å². The van der Waals surface area contributed by atoms with Gasteiger partial charge in [0, 0.05) is 54.4 Å². The van der Waals surface area contributed by atoms with Crippen molar-refractivity contribution in [1.82, 2.24) is 9.88 Å². The minimum Gasteiger partial charge on any atom is -0.451 e. The molecule has 1 amide bonds. The van der Waals surface area contributed by atoms with Gasteiger partial charge < -0.3 is 31.0 Å². The molecule has 0 saturated carbocycles. The van der Waals surface area contributed by atoms with Crippen LogP contribution >= 0.6 is 0 Å². The number of unbranched alkanes of at least 4 members (excludes halogenated alkanes) is 1. The standard InChI is InChI=1S/C26H27N5O2.2H2O/c27-16-18-4-6-23-22(13-18)19(17-29-23)3-1-2-8-30-9-11-31(12-10-30)21-5-7-24-20(14-21)15-25(33-24)26(28)32;;/h4-7,13-15,17,29H,1-3,8-12H2,(H2,28,32);2*1H2. The largest absolute Gasteiger partial charge is 0.451 e. The number of piperazine rings is 1. The number of fused-ring (bicyclic) bond motifs is 2. The second-order valence-electron chi connectivity index (χ2n) is 8.67. The van der Waals surface area contributed by atoms with Crippen molar-refractivity contribution in [3.05, 3.63) is 65.5 Å². The average Bonchev–Trinajstić information content (AvgIpc) is 3.45. The zero-order valence-electron chi connectivity index (χ0n) is 19.5. The summed E-state index contributed by atoms with van der Waals surface area (Å²) in [6.45, 7) is 5.13. The summed E-state index contributed by atoms with van der Waals surface area (Å²) in [5, 5.41) is 11.2. The zero-order chi connectivity index (χ0) is 22.8. The van der Waals surface area contributed by atoms with E-state index in [2.05, 4.69) is 33.1 Å². The first-order valence-corrected chi connectivity index (χ1v) is 11.4. The van der Waals surface area contributed by atoms with Crippen LogP contribution < -0.4 is 10.6 Å². The lowest BCUT2D eigenvalue weighted by Gasteiger charge is -2.36. The Morgan fingerprint density at radius 2 is 1.86 bits per heavy atom. The number of H-pyrrole nitrogens is 1. The van der Waals surface area contributed by atoms with E-state index in [4.69, 9.17) is 15.4 Å². The molecule has 1 fully saturated rings. The first-order valence-electron chi connectivity index (χ1n) is 11.4. The van der Waals surface area contributed by atoms with Gasteiger partial charge in [-0.3, -0.25) is 9.69 Å². The SMILES string of the molecule is N#Cc1ccc2[nH]cc(CCCCN3CCN(c4ccc5oc(C(N)=O)cc5c4)CC3)c2c1.O.O. The van der Waals surface area contributed by atoms with E-state index in [0.717, 1.165) is 68.6 Å². The Hall–Kier alpha value is -3.84. The van der Waals surface area contributed by atoms with E-state index in [1.54, 1.807) is 6.07 Å². The van der Waals surface area contributed by atoms with Crippen LogP contribution in [0.1, 0.15) is 34.5 Å². The van der Waals surface area contributed by atoms with Crippen molar-refractivity contribution in [2.24, 2.45) is 5.73 Å². The zero-order valence-corrected chi connectivity index (χ0v) is 19.5. The molecule has 0 atom stereocenters. The van der Waals surface area contributed by atoms with Gasteiger partial charge in [-0.05, 0) is 73.8 Å². The normalized spacial score (nSPS) is 13.9. The minimum absolute atomic E-state index is 0. The van der Waals surface area contributed by atoms with Crippen LogP contribution in [0, 0.1) is 11.3 Å². The van der Waals surface area contributed by atoms with Gasteiger partial charge in [0.2, 0.25) is 0 Å². The van der Waals surface area contributed by atoms with Crippen LogP contribution in [0.5, 0.6) is 0 Å². The summed E-state index contributed by atoms with van der Waals surface area (Å²) < 4.78 is 5.49. The maximum Gasteiger partial charge on any atom is 0.284 e. The fourth-order valence-corrected chi connectivity index (χ4v) is 4.68. The number of aromatic nitrogens is 1. The quantitative estimate of drug-likeness (QED) is 0.389. The molecule has 0 spiro atoms. The van der Waals surface area contributed by atoms with Crippen LogP contribution in [0.4, 0.5) is 5.69 Å². The average molecular weight is 478 g/mol. The Morgan fingerprint density at radius 1 is 1.06 bits per heavy atom. The highest BCUT2D eigenvalue weighted by Gasteiger charge is 2.18. The number of aromatic amines is 1. The lowest BCUT2D eigenvalue weighted by molar-refractivity contribution is 0.0976. The molecule has 2 aromatic carbocycles. The molecule has 35 heavy (non-hydrogen) atoms. The van der Waals surface area contributed by atoms with Crippen molar-refractivity contribution < 1.29 is 20.2 Å². The van der Waals surface area contributed by atoms with E-state index in [9.17, 15) is 4.79 Å². The number of benzene rings is 2. The van der Waals surface area contributed by atoms with Crippen molar-refractivity contribution in [2.45, 2.75) is 19.3 Å². The van der Waals surface area contributed by atoms with E-state index in [0.29, 0.717) is 11.1 Å². The van der Waals surface area contributed by atoms with Crippen molar-refractivity contribution in [2.75, 3.05) is 37.6 Å². The first kappa shape index (κ1) is 25.8. The monoisotopic (exact) mass is 477 g/mol. The molecule has 2 aromatic heterocycles. The number of furan rings is 1. The summed E-state index contributed by atoms with van der Waals surface area (Å²) in [6.07, 6.45) is 5.38. The number of hydrogen-bond donors (Lipinski definition) is 2. The number of nitrogens with two attached hydrogens (primary N) is 1. The minimum atomic E-state index is -0.544. The second kappa shape index (κ2) is 11.1. The van der Waals surface area contributed by atoms with Crippen LogP contribution in [0.2, 0.25) is 0 Å². The predicted molar refractivity (Wildman–Crippen MR) is 137 cm³/mol. The summed E-state index contributed by atoms with van der Waals surface area (Å²) >= 11 is 0. The molecule has 1 aliphatic rings. The summed E-state index contributed by atoms with van der Waals surface area (Å²) in [5.41, 5.74) is 10.3. The predicted octanol–water partition coefficient (Wildman–Crippen LogP) is 2.38. The molecular formula is C26H31N5O4. The van der Waals surface area contributed by atoms with Crippen molar-refractivity contribution in [3.8, 4) is 6.07 Å². The molecule has 7 N–H and O–H groups in total. The Kier molecular flexibility index (Phi) is 8.14. The number of carbonyl (C=O) groups excluding carboxylic acids is 1. The van der Waals surface area contributed by atoms with Gasteiger partial charge in [0.25, 0.3) is 5.91 Å². The number of nitrogens with zero attached hydrogens (tertiary/aromatic N) is 3. The Morgan fingerprint density at radius 3 is 2.60 bits per heavy atom. The van der Waals surface area contributed by atoms with Gasteiger partial charge in [0.1, 0.15) is 5.58 Å². The highest BCUT2D eigenvalue weighted by Crippen LogP contribution is 2.26. The van der Waals surface area contributed by atoms with E-state index >= 15 is 0 Å². The molecule has 0 radical (unpaired) electrons. The van der Waals surface area contributed by atoms with Gasteiger partial charge >= 0.3 is 0 Å². The summed E-state index contributed by atoms with van der Waals surface area (Å²) in [4.78, 5) is 19.6. The number of nitrogens with one attached hydrogen (secondary N) is 1. The molecule has 9 nitrogen and oxygen atoms in total. The van der Waals surface area contributed by atoms with Crippen LogP contribution in [0.3, 0.4) is 0 Å². The molecule has 0 bridgehead atoms. The number of amides is 1. The van der Waals surface area contributed by atoms with Gasteiger partial charge in [-0.2, -0.15) is 5.26 Å². The topological polar surface area (TPSA) is 165 Å². The third-order valence-electron chi connectivity index (χ3n) is 6.55. The van der Waals surface area contributed by atoms with E-state index in [1.165, 1.54) is 10.9 Å². The maximum atomic E-state index is 11.4. The molecule has 1 saturated heterocycles. The lowest BCUT2D eigenvalue weighted by Crippen LogP contribution is -2.46. The van der Waals surface area contributed by atoms with Crippen LogP contribution in [-0.2, 0) is 6.42 Å². The van der Waals surface area contributed by atoms with Gasteiger partial charge in [-0.25, -0.2) is 0 Å². The first-order chi connectivity index (χ1) is 16.1. The van der Waals surface area contributed by atoms with Crippen molar-refractivity contribution >= 4 is 33.5 Å². The third kappa shape index (κ3) is 5.46. The number of primary amides is 1. The lowest BCUT2D eigenvalue weighted by atomic mass is 10.1. The fourth-order valence-electron chi connectivity index (χ4n) is 4.68. The molecule has 0 unspecified atom stereocenters. The highest BCUT2D eigenvalue weighted by atomic mass is 16.3. The number of nitriles is 1. The Labute approximate surface area is 203 Å². The van der Waals surface area contributed by atoms with E-state index < -0.39 is 5.91 Å². The Balaban J connectivity index is 0.00000171.